The van der Waals surface area contributed by atoms with Crippen LogP contribution in [0.3, 0.4) is 0 Å². The number of benzene rings is 3. The van der Waals surface area contributed by atoms with Gasteiger partial charge in [0, 0.05) is 46.7 Å². The molecule has 4 N–H and O–H groups in total. The Hall–Kier alpha value is -2.54. The van der Waals surface area contributed by atoms with Crippen molar-refractivity contribution in [2.24, 2.45) is 20.5 Å². The number of aromatic hydroxyl groups is 3. The fraction of sp³-hybridized carbons (Fsp3) is 0. The Morgan fingerprint density at radius 3 is 1.74 bits per heavy atom. The van der Waals surface area contributed by atoms with Crippen molar-refractivity contribution in [1.29, 1.82) is 0 Å². The van der Waals surface area contributed by atoms with Crippen LogP contribution in [0.15, 0.2) is 79.9 Å². The summed E-state index contributed by atoms with van der Waals surface area (Å²) in [7, 11) is -4.33. The molecule has 155 valence electrons. The molecule has 0 saturated carbocycles. The summed E-state index contributed by atoms with van der Waals surface area (Å²) in [6.07, 6.45) is 0. The van der Waals surface area contributed by atoms with Gasteiger partial charge in [0.15, 0.2) is 0 Å². The average Bonchev–Trinajstić information content (AvgIpc) is 2.68. The number of nitrogens with zero attached hydrogens (tertiary/aromatic N) is 4. The van der Waals surface area contributed by atoms with Crippen LogP contribution in [0.25, 0.3) is 0 Å². The summed E-state index contributed by atoms with van der Waals surface area (Å²) in [4.78, 5) is -0.305. The quantitative estimate of drug-likeness (QED) is 0.228. The monoisotopic (exact) mass is 471 g/mol. The molecule has 0 fully saturated rings. The van der Waals surface area contributed by atoms with Gasteiger partial charge in [-0.2, -0.15) is 13.5 Å². The summed E-state index contributed by atoms with van der Waals surface area (Å²) in [6, 6.07) is 11.2. The molecule has 1 radical (unpaired) electrons. The Kier molecular flexibility index (Phi) is 8.12. The minimum absolute atomic E-state index is 0. The van der Waals surface area contributed by atoms with Crippen LogP contribution >= 0.6 is 11.6 Å². The molecule has 3 rings (SSSR count). The van der Waals surface area contributed by atoms with E-state index in [1.165, 1.54) is 36.4 Å². The second kappa shape index (κ2) is 10.2. The molecule has 0 aliphatic carbocycles. The van der Waals surface area contributed by atoms with Gasteiger partial charge in [0.2, 0.25) is 0 Å². The topological polar surface area (TPSA) is 164 Å². The molecule has 0 aliphatic rings. The van der Waals surface area contributed by atoms with Gasteiger partial charge in [0.25, 0.3) is 10.1 Å². The van der Waals surface area contributed by atoms with Crippen molar-refractivity contribution in [2.75, 3.05) is 0 Å². The minimum atomic E-state index is -4.33. The van der Waals surface area contributed by atoms with Crippen molar-refractivity contribution in [3.05, 3.63) is 59.6 Å². The van der Waals surface area contributed by atoms with Gasteiger partial charge in [0.1, 0.15) is 34.3 Å². The molecule has 13 heteroatoms. The SMILES string of the molecule is O=S(=O)(O)c1ccc(N=Nc2cc(N=Nc3cc(Cl)ccc3O)c(O)cc2O)cc1.[Na]. The maximum atomic E-state index is 11.0. The normalized spacial score (nSPS) is 11.7. The minimum Gasteiger partial charge on any atom is -0.506 e. The Bertz CT molecular complexity index is 1270. The van der Waals surface area contributed by atoms with E-state index in [0.29, 0.717) is 5.02 Å². The average molecular weight is 472 g/mol. The summed E-state index contributed by atoms with van der Waals surface area (Å²) >= 11 is 5.84. The number of hydrogen-bond acceptors (Lipinski definition) is 9. The largest absolute Gasteiger partial charge is 0.506 e. The standard InChI is InChI=1S/C18H13ClN4O6S.Na/c19-10-1-6-16(24)13(7-10)22-23-15-8-14(17(25)9-18(15)26)21-20-11-2-4-12(5-3-11)30(27,28)29;/h1-9,24-26H,(H,27,28,29);. The van der Waals surface area contributed by atoms with Gasteiger partial charge in [0.05, 0.1) is 10.6 Å². The first-order chi connectivity index (χ1) is 14.1. The van der Waals surface area contributed by atoms with Crippen LogP contribution < -0.4 is 0 Å². The van der Waals surface area contributed by atoms with Crippen molar-refractivity contribution < 1.29 is 28.3 Å². The Morgan fingerprint density at radius 2 is 1.19 bits per heavy atom. The van der Waals surface area contributed by atoms with E-state index >= 15 is 0 Å². The van der Waals surface area contributed by atoms with Crippen LogP contribution in [0, 0.1) is 0 Å². The fourth-order valence-corrected chi connectivity index (χ4v) is 2.84. The third-order valence-corrected chi connectivity index (χ3v) is 4.79. The second-order valence-electron chi connectivity index (χ2n) is 5.83. The van der Waals surface area contributed by atoms with E-state index in [1.807, 2.05) is 0 Å². The van der Waals surface area contributed by atoms with Crippen molar-refractivity contribution in [3.63, 3.8) is 0 Å². The predicted molar refractivity (Wildman–Crippen MR) is 113 cm³/mol. The molecule has 31 heavy (non-hydrogen) atoms. The van der Waals surface area contributed by atoms with Crippen LogP contribution in [0.5, 0.6) is 17.2 Å². The molecular formula is C18H13ClN4NaO6S. The van der Waals surface area contributed by atoms with E-state index in [-0.39, 0.29) is 63.0 Å². The number of halogens is 1. The number of hydrogen-bond donors (Lipinski definition) is 4. The van der Waals surface area contributed by atoms with Crippen LogP contribution in [0.4, 0.5) is 22.7 Å². The Morgan fingerprint density at radius 1 is 0.677 bits per heavy atom. The maximum absolute atomic E-state index is 11.0. The second-order valence-corrected chi connectivity index (χ2v) is 7.69. The first kappa shape index (κ1) is 24.7. The van der Waals surface area contributed by atoms with Crippen LogP contribution in [0.2, 0.25) is 5.02 Å². The van der Waals surface area contributed by atoms with Gasteiger partial charge >= 0.3 is 0 Å². The molecule has 10 nitrogen and oxygen atoms in total. The van der Waals surface area contributed by atoms with E-state index in [9.17, 15) is 23.7 Å². The molecule has 0 unspecified atom stereocenters. The van der Waals surface area contributed by atoms with E-state index < -0.39 is 21.6 Å². The first-order valence-corrected chi connectivity index (χ1v) is 9.91. The zero-order valence-electron chi connectivity index (χ0n) is 15.9. The summed E-state index contributed by atoms with van der Waals surface area (Å²) in [5, 5.41) is 45.3. The molecule has 3 aromatic carbocycles. The van der Waals surface area contributed by atoms with E-state index in [4.69, 9.17) is 16.2 Å². The summed E-state index contributed by atoms with van der Waals surface area (Å²) in [5.41, 5.74) is 0.178. The molecular weight excluding hydrogens is 459 g/mol. The van der Waals surface area contributed by atoms with Gasteiger partial charge in [-0.25, -0.2) is 0 Å². The molecule has 0 saturated heterocycles. The van der Waals surface area contributed by atoms with Crippen LogP contribution in [-0.2, 0) is 10.1 Å². The summed E-state index contributed by atoms with van der Waals surface area (Å²) in [6.45, 7) is 0. The summed E-state index contributed by atoms with van der Waals surface area (Å²) < 4.78 is 31.1. The molecule has 0 aliphatic heterocycles. The molecule has 0 atom stereocenters. The van der Waals surface area contributed by atoms with Crippen molar-refractivity contribution in [2.45, 2.75) is 4.90 Å². The summed E-state index contributed by atoms with van der Waals surface area (Å²) in [5.74, 6) is -0.959. The zero-order valence-corrected chi connectivity index (χ0v) is 19.4. The van der Waals surface area contributed by atoms with Gasteiger partial charge in [-0.1, -0.05) is 11.6 Å². The smallest absolute Gasteiger partial charge is 0.294 e. The maximum Gasteiger partial charge on any atom is 0.294 e. The van der Waals surface area contributed by atoms with Crippen molar-refractivity contribution >= 4 is 74.0 Å². The zero-order chi connectivity index (χ0) is 21.9. The van der Waals surface area contributed by atoms with Gasteiger partial charge in [-0.05, 0) is 42.5 Å². The van der Waals surface area contributed by atoms with Crippen LogP contribution in [-0.4, -0.2) is 57.8 Å². The number of phenolic OH excluding ortho intramolecular Hbond substituents is 3. The third kappa shape index (κ3) is 6.47. The number of phenols is 3. The molecule has 0 heterocycles. The third-order valence-electron chi connectivity index (χ3n) is 3.68. The number of azo groups is 2. The van der Waals surface area contributed by atoms with Crippen LogP contribution in [0.1, 0.15) is 0 Å². The van der Waals surface area contributed by atoms with E-state index in [0.717, 1.165) is 18.2 Å². The first-order valence-electron chi connectivity index (χ1n) is 8.09. The van der Waals surface area contributed by atoms with Crippen molar-refractivity contribution in [3.8, 4) is 17.2 Å². The molecule has 0 bridgehead atoms. The molecule has 0 amide bonds. The van der Waals surface area contributed by atoms with Crippen molar-refractivity contribution in [1.82, 2.24) is 0 Å². The van der Waals surface area contributed by atoms with Gasteiger partial charge in [-0.15, -0.1) is 15.3 Å². The van der Waals surface area contributed by atoms with E-state index in [2.05, 4.69) is 20.5 Å². The molecule has 0 spiro atoms. The fourth-order valence-electron chi connectivity index (χ4n) is 2.20. The Labute approximate surface area is 203 Å². The predicted octanol–water partition coefficient (Wildman–Crippen LogP) is 5.15. The van der Waals surface area contributed by atoms with E-state index in [1.54, 1.807) is 0 Å². The van der Waals surface area contributed by atoms with Gasteiger partial charge < -0.3 is 15.3 Å². The van der Waals surface area contributed by atoms with Gasteiger partial charge in [-0.3, -0.25) is 4.55 Å². The molecule has 3 aromatic rings. The number of rotatable bonds is 5. The molecule has 0 aromatic heterocycles. The Balaban J connectivity index is 0.00000341.